The molecule has 0 N–H and O–H groups in total. The Bertz CT molecular complexity index is 917. The van der Waals surface area contributed by atoms with Crippen LogP contribution in [0.3, 0.4) is 0 Å². The minimum atomic E-state index is -0.356. The summed E-state index contributed by atoms with van der Waals surface area (Å²) in [7, 11) is 1.67. The molecule has 23 heavy (non-hydrogen) atoms. The average molecular weight is 348 g/mol. The molecule has 0 aliphatic heterocycles. The van der Waals surface area contributed by atoms with Gasteiger partial charge in [0.2, 0.25) is 0 Å². The van der Waals surface area contributed by atoms with Gasteiger partial charge in [-0.1, -0.05) is 23.7 Å². The van der Waals surface area contributed by atoms with Gasteiger partial charge < -0.3 is 4.90 Å². The molecule has 0 fully saturated rings. The molecule has 5 nitrogen and oxygen atoms in total. The number of halogens is 1. The molecule has 0 aliphatic rings. The van der Waals surface area contributed by atoms with Crippen LogP contribution in [-0.4, -0.2) is 27.2 Å². The molecule has 2 aromatic heterocycles. The largest absolute Gasteiger partial charge is 0.335 e. The SMILES string of the molecule is CC(c1ccc(Cl)cc1)N(C)C(=O)c1cnc2sccn2c1=O. The molecule has 1 atom stereocenters. The monoisotopic (exact) mass is 347 g/mol. The number of nitrogens with zero attached hydrogens (tertiary/aromatic N) is 3. The fourth-order valence-corrected chi connectivity index (χ4v) is 3.10. The molecule has 7 heteroatoms. The maximum absolute atomic E-state index is 12.7. The highest BCUT2D eigenvalue weighted by Gasteiger charge is 2.22. The average Bonchev–Trinajstić information content (AvgIpc) is 3.03. The van der Waals surface area contributed by atoms with E-state index in [0.717, 1.165) is 5.56 Å². The van der Waals surface area contributed by atoms with Gasteiger partial charge >= 0.3 is 0 Å². The van der Waals surface area contributed by atoms with Crippen molar-refractivity contribution in [2.45, 2.75) is 13.0 Å². The van der Waals surface area contributed by atoms with Gasteiger partial charge in [-0.15, -0.1) is 11.3 Å². The Labute approximate surface area is 141 Å². The van der Waals surface area contributed by atoms with Crippen LogP contribution in [0.1, 0.15) is 28.9 Å². The summed E-state index contributed by atoms with van der Waals surface area (Å²) < 4.78 is 1.39. The zero-order chi connectivity index (χ0) is 16.6. The predicted octanol–water partition coefficient (Wildman–Crippen LogP) is 3.24. The third-order valence-corrected chi connectivity index (χ3v) is 4.85. The molecule has 2 heterocycles. The van der Waals surface area contributed by atoms with Gasteiger partial charge in [0, 0.05) is 29.8 Å². The van der Waals surface area contributed by atoms with E-state index < -0.39 is 0 Å². The van der Waals surface area contributed by atoms with Crippen molar-refractivity contribution in [3.05, 3.63) is 68.5 Å². The first-order valence-corrected chi connectivity index (χ1v) is 8.22. The van der Waals surface area contributed by atoms with Gasteiger partial charge in [0.25, 0.3) is 11.5 Å². The molecule has 0 saturated heterocycles. The van der Waals surface area contributed by atoms with Crippen LogP contribution in [0.15, 0.2) is 46.8 Å². The van der Waals surface area contributed by atoms with Crippen molar-refractivity contribution >= 4 is 33.8 Å². The van der Waals surface area contributed by atoms with E-state index in [2.05, 4.69) is 4.98 Å². The normalized spacial score (nSPS) is 12.3. The molecule has 0 spiro atoms. The van der Waals surface area contributed by atoms with Crippen molar-refractivity contribution in [1.29, 1.82) is 0 Å². The fraction of sp³-hybridized carbons (Fsp3) is 0.188. The molecule has 3 aromatic rings. The number of aromatic nitrogens is 2. The van der Waals surface area contributed by atoms with Crippen molar-refractivity contribution in [2.24, 2.45) is 0 Å². The van der Waals surface area contributed by atoms with E-state index >= 15 is 0 Å². The first-order valence-electron chi connectivity index (χ1n) is 6.96. The van der Waals surface area contributed by atoms with Crippen molar-refractivity contribution in [3.63, 3.8) is 0 Å². The molecule has 118 valence electrons. The molecule has 1 amide bonds. The quantitative estimate of drug-likeness (QED) is 0.730. The smallest absolute Gasteiger partial charge is 0.271 e. The molecule has 0 radical (unpaired) electrons. The number of hydrogen-bond acceptors (Lipinski definition) is 4. The molecular weight excluding hydrogens is 334 g/mol. The summed E-state index contributed by atoms with van der Waals surface area (Å²) in [5.74, 6) is -0.356. The number of hydrogen-bond donors (Lipinski definition) is 0. The summed E-state index contributed by atoms with van der Waals surface area (Å²) >= 11 is 7.24. The zero-order valence-corrected chi connectivity index (χ0v) is 14.1. The van der Waals surface area contributed by atoms with Gasteiger partial charge in [-0.25, -0.2) is 4.98 Å². The second-order valence-electron chi connectivity index (χ2n) is 5.18. The maximum atomic E-state index is 12.7. The molecule has 0 saturated carbocycles. The standard InChI is InChI=1S/C16H14ClN3O2S/c1-10(11-3-5-12(17)6-4-11)19(2)14(21)13-9-18-16-20(15(13)22)7-8-23-16/h3-10H,1-2H3. The molecule has 1 aromatic carbocycles. The lowest BCUT2D eigenvalue weighted by atomic mass is 10.1. The zero-order valence-electron chi connectivity index (χ0n) is 12.6. The second-order valence-corrected chi connectivity index (χ2v) is 6.49. The lowest BCUT2D eigenvalue weighted by Gasteiger charge is -2.25. The lowest BCUT2D eigenvalue weighted by molar-refractivity contribution is 0.0740. The van der Waals surface area contributed by atoms with Gasteiger partial charge in [0.05, 0.1) is 6.04 Å². The Morgan fingerprint density at radius 1 is 1.35 bits per heavy atom. The first kappa shape index (κ1) is 15.7. The van der Waals surface area contributed by atoms with Crippen LogP contribution in [0.2, 0.25) is 5.02 Å². The Morgan fingerprint density at radius 2 is 2.04 bits per heavy atom. The highest BCUT2D eigenvalue weighted by atomic mass is 35.5. The molecular formula is C16H14ClN3O2S. The number of fused-ring (bicyclic) bond motifs is 1. The minimum absolute atomic E-state index is 0.0595. The van der Waals surface area contributed by atoms with Gasteiger partial charge in [-0.2, -0.15) is 0 Å². The van der Waals surface area contributed by atoms with E-state index in [9.17, 15) is 9.59 Å². The van der Waals surface area contributed by atoms with Gasteiger partial charge in [0.15, 0.2) is 4.96 Å². The third-order valence-electron chi connectivity index (χ3n) is 3.83. The van der Waals surface area contributed by atoms with E-state index in [1.807, 2.05) is 19.1 Å². The van der Waals surface area contributed by atoms with Crippen molar-refractivity contribution < 1.29 is 4.79 Å². The molecule has 1 unspecified atom stereocenters. The Morgan fingerprint density at radius 3 is 2.74 bits per heavy atom. The number of rotatable bonds is 3. The van der Waals surface area contributed by atoms with Gasteiger partial charge in [-0.3, -0.25) is 14.0 Å². The molecule has 0 bridgehead atoms. The molecule has 3 rings (SSSR count). The van der Waals surface area contributed by atoms with Crippen LogP contribution >= 0.6 is 22.9 Å². The van der Waals surface area contributed by atoms with Gasteiger partial charge in [-0.05, 0) is 24.6 Å². The summed E-state index contributed by atoms with van der Waals surface area (Å²) in [6.07, 6.45) is 2.97. The summed E-state index contributed by atoms with van der Waals surface area (Å²) in [5, 5.41) is 2.40. The van der Waals surface area contributed by atoms with Crippen LogP contribution in [0.25, 0.3) is 4.96 Å². The van der Waals surface area contributed by atoms with E-state index in [1.165, 1.54) is 26.8 Å². The van der Waals surface area contributed by atoms with E-state index in [0.29, 0.717) is 9.98 Å². The van der Waals surface area contributed by atoms with Crippen LogP contribution < -0.4 is 5.56 Å². The van der Waals surface area contributed by atoms with Crippen LogP contribution in [0.4, 0.5) is 0 Å². The van der Waals surface area contributed by atoms with E-state index in [1.54, 1.807) is 30.8 Å². The van der Waals surface area contributed by atoms with Crippen LogP contribution in [0, 0.1) is 0 Å². The molecule has 0 aliphatic carbocycles. The number of benzene rings is 1. The summed E-state index contributed by atoms with van der Waals surface area (Å²) in [4.78, 5) is 31.3. The Balaban J connectivity index is 1.93. The fourth-order valence-electron chi connectivity index (χ4n) is 2.30. The Hall–Kier alpha value is -2.18. The number of amides is 1. The first-order chi connectivity index (χ1) is 11.0. The number of carbonyl (C=O) groups is 1. The minimum Gasteiger partial charge on any atom is -0.335 e. The van der Waals surface area contributed by atoms with Crippen LogP contribution in [-0.2, 0) is 0 Å². The van der Waals surface area contributed by atoms with E-state index in [-0.39, 0.29) is 23.1 Å². The summed E-state index contributed by atoms with van der Waals surface area (Å²) in [5.41, 5.74) is 0.649. The highest BCUT2D eigenvalue weighted by Crippen LogP contribution is 2.22. The second kappa shape index (κ2) is 6.14. The maximum Gasteiger partial charge on any atom is 0.271 e. The van der Waals surface area contributed by atoms with Crippen molar-refractivity contribution in [1.82, 2.24) is 14.3 Å². The van der Waals surface area contributed by atoms with E-state index in [4.69, 9.17) is 11.6 Å². The topological polar surface area (TPSA) is 54.7 Å². The summed E-state index contributed by atoms with van der Waals surface area (Å²) in [6.45, 7) is 1.90. The summed E-state index contributed by atoms with van der Waals surface area (Å²) in [6, 6.07) is 7.09. The Kier molecular flexibility index (Phi) is 4.19. The van der Waals surface area contributed by atoms with Crippen LogP contribution in [0.5, 0.6) is 0 Å². The van der Waals surface area contributed by atoms with Crippen molar-refractivity contribution in [3.8, 4) is 0 Å². The van der Waals surface area contributed by atoms with Crippen molar-refractivity contribution in [2.75, 3.05) is 7.05 Å². The lowest BCUT2D eigenvalue weighted by Crippen LogP contribution is -2.34. The van der Waals surface area contributed by atoms with Gasteiger partial charge in [0.1, 0.15) is 5.56 Å². The number of thiazole rings is 1. The highest BCUT2D eigenvalue weighted by molar-refractivity contribution is 7.15. The number of carbonyl (C=O) groups excluding carboxylic acids is 1. The third kappa shape index (κ3) is 2.87. The predicted molar refractivity (Wildman–Crippen MR) is 91.3 cm³/mol.